The minimum absolute atomic E-state index is 0.0776. The molecule has 1 N–H and O–H groups in total. The summed E-state index contributed by atoms with van der Waals surface area (Å²) in [5.74, 6) is 0.178. The number of likely N-dealkylation sites (tertiary alicyclic amines) is 1. The molecular formula is C17H25FN2O. The number of hydrogen-bond acceptors (Lipinski definition) is 2. The molecule has 1 aromatic rings. The van der Waals surface area contributed by atoms with Crippen molar-refractivity contribution in [2.75, 3.05) is 25.5 Å². The minimum Gasteiger partial charge on any atom is -0.385 e. The molecule has 1 saturated heterocycles. The lowest BCUT2D eigenvalue weighted by molar-refractivity contribution is 0.0609. The first-order valence-electron chi connectivity index (χ1n) is 7.60. The summed E-state index contributed by atoms with van der Waals surface area (Å²) in [7, 11) is 1.64. The van der Waals surface area contributed by atoms with Crippen LogP contribution in [0.1, 0.15) is 44.0 Å². The molecule has 116 valence electrons. The molecule has 0 bridgehead atoms. The lowest BCUT2D eigenvalue weighted by Gasteiger charge is -2.39. The number of para-hydroxylation sites is 1. The predicted molar refractivity (Wildman–Crippen MR) is 84.0 cm³/mol. The molecule has 2 rings (SSSR count). The van der Waals surface area contributed by atoms with E-state index in [2.05, 4.69) is 26.1 Å². The van der Waals surface area contributed by atoms with Crippen LogP contribution in [0.2, 0.25) is 0 Å². The minimum atomic E-state index is -0.382. The van der Waals surface area contributed by atoms with E-state index >= 15 is 0 Å². The van der Waals surface area contributed by atoms with Crippen LogP contribution >= 0.6 is 0 Å². The first-order valence-corrected chi connectivity index (χ1v) is 7.60. The molecule has 0 radical (unpaired) electrons. The van der Waals surface area contributed by atoms with Crippen molar-refractivity contribution in [3.05, 3.63) is 29.6 Å². The van der Waals surface area contributed by atoms with Crippen molar-refractivity contribution >= 4 is 11.6 Å². The molecule has 0 atom stereocenters. The molecule has 0 aliphatic carbocycles. The number of nitrogens with zero attached hydrogens (tertiary/aromatic N) is 1. The van der Waals surface area contributed by atoms with Crippen molar-refractivity contribution in [2.45, 2.75) is 33.6 Å². The maximum absolute atomic E-state index is 13.8. The van der Waals surface area contributed by atoms with Crippen molar-refractivity contribution in [3.8, 4) is 0 Å². The Kier molecular flexibility index (Phi) is 4.55. The number of benzene rings is 1. The lowest BCUT2D eigenvalue weighted by Crippen LogP contribution is -2.41. The van der Waals surface area contributed by atoms with Gasteiger partial charge in [0.15, 0.2) is 0 Å². The normalized spacial score (nSPS) is 16.9. The zero-order chi connectivity index (χ0) is 15.6. The summed E-state index contributed by atoms with van der Waals surface area (Å²) in [5, 5.41) is 2.79. The Morgan fingerprint density at radius 2 is 1.90 bits per heavy atom. The molecule has 0 spiro atoms. The van der Waals surface area contributed by atoms with Gasteiger partial charge in [0.05, 0.1) is 11.3 Å². The fourth-order valence-electron chi connectivity index (χ4n) is 3.08. The van der Waals surface area contributed by atoms with Gasteiger partial charge in [0.1, 0.15) is 5.82 Å². The topological polar surface area (TPSA) is 32.3 Å². The lowest BCUT2D eigenvalue weighted by atomic mass is 9.75. The molecule has 0 saturated carbocycles. The van der Waals surface area contributed by atoms with Gasteiger partial charge in [-0.2, -0.15) is 0 Å². The van der Waals surface area contributed by atoms with Crippen LogP contribution in [0.3, 0.4) is 0 Å². The SMILES string of the molecule is CNc1c(F)cccc1C(=O)N1CCC(C(C)(C)C)CC1. The molecule has 1 aliphatic heterocycles. The number of halogens is 1. The van der Waals surface area contributed by atoms with E-state index in [4.69, 9.17) is 0 Å². The standard InChI is InChI=1S/C17H25FN2O/c1-17(2,3)12-8-10-20(11-9-12)16(21)13-6-5-7-14(18)15(13)19-4/h5-7,12,19H,8-11H2,1-4H3. The second-order valence-corrected chi connectivity index (χ2v) is 6.84. The van der Waals surface area contributed by atoms with Gasteiger partial charge >= 0.3 is 0 Å². The number of carbonyl (C=O) groups is 1. The van der Waals surface area contributed by atoms with Crippen LogP contribution < -0.4 is 5.32 Å². The van der Waals surface area contributed by atoms with Crippen molar-refractivity contribution in [2.24, 2.45) is 11.3 Å². The van der Waals surface area contributed by atoms with Crippen LogP contribution in [-0.2, 0) is 0 Å². The quantitative estimate of drug-likeness (QED) is 0.900. The predicted octanol–water partition coefficient (Wildman–Crippen LogP) is 3.77. The summed E-state index contributed by atoms with van der Waals surface area (Å²) >= 11 is 0. The van der Waals surface area contributed by atoms with Gasteiger partial charge in [0, 0.05) is 20.1 Å². The number of hydrogen-bond donors (Lipinski definition) is 1. The summed E-state index contributed by atoms with van der Waals surface area (Å²) in [5.41, 5.74) is 0.997. The van der Waals surface area contributed by atoms with Crippen LogP contribution in [0, 0.1) is 17.2 Å². The van der Waals surface area contributed by atoms with E-state index in [1.54, 1.807) is 19.2 Å². The monoisotopic (exact) mass is 292 g/mol. The van der Waals surface area contributed by atoms with Gasteiger partial charge in [-0.25, -0.2) is 4.39 Å². The van der Waals surface area contributed by atoms with E-state index in [0.717, 1.165) is 25.9 Å². The molecule has 21 heavy (non-hydrogen) atoms. The van der Waals surface area contributed by atoms with Crippen LogP contribution in [-0.4, -0.2) is 30.9 Å². The van der Waals surface area contributed by atoms with Gasteiger partial charge in [0.2, 0.25) is 0 Å². The van der Waals surface area contributed by atoms with Crippen molar-refractivity contribution in [1.29, 1.82) is 0 Å². The zero-order valence-electron chi connectivity index (χ0n) is 13.4. The van der Waals surface area contributed by atoms with Crippen LogP contribution in [0.5, 0.6) is 0 Å². The summed E-state index contributed by atoms with van der Waals surface area (Å²) in [6, 6.07) is 4.65. The molecule has 0 aromatic heterocycles. The Morgan fingerprint density at radius 1 is 1.29 bits per heavy atom. The van der Waals surface area contributed by atoms with Crippen LogP contribution in [0.25, 0.3) is 0 Å². The maximum Gasteiger partial charge on any atom is 0.256 e. The van der Waals surface area contributed by atoms with Crippen molar-refractivity contribution in [3.63, 3.8) is 0 Å². The maximum atomic E-state index is 13.8. The smallest absolute Gasteiger partial charge is 0.256 e. The van der Waals surface area contributed by atoms with E-state index in [-0.39, 0.29) is 17.1 Å². The third kappa shape index (κ3) is 3.36. The Bertz CT molecular complexity index is 514. The largest absolute Gasteiger partial charge is 0.385 e. The second-order valence-electron chi connectivity index (χ2n) is 6.84. The molecule has 4 heteroatoms. The summed E-state index contributed by atoms with van der Waals surface area (Å²) < 4.78 is 13.8. The highest BCUT2D eigenvalue weighted by atomic mass is 19.1. The molecule has 1 heterocycles. The Hall–Kier alpha value is -1.58. The van der Waals surface area contributed by atoms with Crippen molar-refractivity contribution in [1.82, 2.24) is 4.90 Å². The van der Waals surface area contributed by atoms with Gasteiger partial charge in [0.25, 0.3) is 5.91 Å². The number of carbonyl (C=O) groups excluding carboxylic acids is 1. The highest BCUT2D eigenvalue weighted by Gasteiger charge is 2.31. The Balaban J connectivity index is 2.11. The van der Waals surface area contributed by atoms with Crippen LogP contribution in [0.15, 0.2) is 18.2 Å². The molecule has 0 unspecified atom stereocenters. The zero-order valence-corrected chi connectivity index (χ0v) is 13.4. The van der Waals surface area contributed by atoms with Crippen LogP contribution in [0.4, 0.5) is 10.1 Å². The first kappa shape index (κ1) is 15.8. The number of nitrogens with one attached hydrogen (secondary N) is 1. The van der Waals surface area contributed by atoms with Gasteiger partial charge in [-0.15, -0.1) is 0 Å². The van der Waals surface area contributed by atoms with E-state index < -0.39 is 0 Å². The molecule has 1 amide bonds. The number of piperidine rings is 1. The third-order valence-corrected chi connectivity index (χ3v) is 4.50. The number of amides is 1. The molecule has 1 fully saturated rings. The van der Waals surface area contributed by atoms with Gasteiger partial charge in [-0.1, -0.05) is 26.8 Å². The Labute approximate surface area is 126 Å². The van der Waals surface area contributed by atoms with E-state index in [0.29, 0.717) is 17.2 Å². The third-order valence-electron chi connectivity index (χ3n) is 4.50. The molecular weight excluding hydrogens is 267 g/mol. The van der Waals surface area contributed by atoms with Gasteiger partial charge in [-0.3, -0.25) is 4.79 Å². The summed E-state index contributed by atoms with van der Waals surface area (Å²) in [6.45, 7) is 8.25. The van der Waals surface area contributed by atoms with Gasteiger partial charge < -0.3 is 10.2 Å². The van der Waals surface area contributed by atoms with Gasteiger partial charge in [-0.05, 0) is 36.3 Å². The van der Waals surface area contributed by atoms with Crippen molar-refractivity contribution < 1.29 is 9.18 Å². The molecule has 3 nitrogen and oxygen atoms in total. The summed E-state index contributed by atoms with van der Waals surface area (Å²) in [4.78, 5) is 14.5. The highest BCUT2D eigenvalue weighted by Crippen LogP contribution is 2.35. The average Bonchev–Trinajstić information content (AvgIpc) is 2.45. The fourth-order valence-corrected chi connectivity index (χ4v) is 3.08. The van der Waals surface area contributed by atoms with E-state index in [9.17, 15) is 9.18 Å². The number of anilines is 1. The van der Waals surface area contributed by atoms with E-state index in [1.165, 1.54) is 6.07 Å². The Morgan fingerprint density at radius 3 is 2.43 bits per heavy atom. The summed E-state index contributed by atoms with van der Waals surface area (Å²) in [6.07, 6.45) is 2.03. The molecule has 1 aromatic carbocycles. The molecule has 1 aliphatic rings. The first-order chi connectivity index (χ1) is 9.84. The van der Waals surface area contributed by atoms with E-state index in [1.807, 2.05) is 4.90 Å². The average molecular weight is 292 g/mol. The highest BCUT2D eigenvalue weighted by molar-refractivity contribution is 5.99. The second kappa shape index (κ2) is 6.04. The number of rotatable bonds is 2. The fraction of sp³-hybridized carbons (Fsp3) is 0.588.